The molecule has 172 valence electrons. The van der Waals surface area contributed by atoms with E-state index in [-0.39, 0.29) is 36.0 Å². The van der Waals surface area contributed by atoms with Gasteiger partial charge in [0.05, 0.1) is 0 Å². The average Bonchev–Trinajstić information content (AvgIpc) is 3.48. The molecule has 1 aliphatic rings. The van der Waals surface area contributed by atoms with Gasteiger partial charge in [-0.3, -0.25) is 14.6 Å². The molecular weight excluding hydrogens is 420 g/mol. The molecule has 33 heavy (non-hydrogen) atoms. The second kappa shape index (κ2) is 9.91. The van der Waals surface area contributed by atoms with Gasteiger partial charge in [0, 0.05) is 56.5 Å². The van der Waals surface area contributed by atoms with Gasteiger partial charge < -0.3 is 19.9 Å². The Bertz CT molecular complexity index is 1140. The van der Waals surface area contributed by atoms with Crippen LogP contribution in [0.1, 0.15) is 51.5 Å². The molecule has 2 unspecified atom stereocenters. The van der Waals surface area contributed by atoms with Crippen LogP contribution in [0.15, 0.2) is 48.9 Å². The second-order valence-electron chi connectivity index (χ2n) is 8.56. The Morgan fingerprint density at radius 1 is 1.27 bits per heavy atom. The first-order valence-corrected chi connectivity index (χ1v) is 11.0. The average molecular weight is 449 g/mol. The van der Waals surface area contributed by atoms with Crippen molar-refractivity contribution in [3.63, 3.8) is 0 Å². The van der Waals surface area contributed by atoms with E-state index in [0.717, 1.165) is 24.2 Å². The molecule has 9 nitrogen and oxygen atoms in total. The number of nitrogens with zero attached hydrogens (tertiary/aromatic N) is 5. The number of pyridine rings is 1. The third kappa shape index (κ3) is 5.25. The summed E-state index contributed by atoms with van der Waals surface area (Å²) in [7, 11) is 1.92. The van der Waals surface area contributed by atoms with E-state index < -0.39 is 0 Å². The number of hydrogen-bond donors (Lipinski definition) is 2. The molecule has 0 aliphatic carbocycles. The maximum Gasteiger partial charge on any atom is 0.274 e. The summed E-state index contributed by atoms with van der Waals surface area (Å²) in [5, 5.41) is 20.3. The zero-order chi connectivity index (χ0) is 23.4. The molecule has 3 aromatic rings. The quantitative estimate of drug-likeness (QED) is 0.573. The fourth-order valence-corrected chi connectivity index (χ4v) is 4.04. The Labute approximate surface area is 192 Å². The number of anilines is 1. The lowest BCUT2D eigenvalue weighted by atomic mass is 9.97. The van der Waals surface area contributed by atoms with E-state index in [2.05, 4.69) is 27.4 Å². The molecule has 1 aliphatic heterocycles. The van der Waals surface area contributed by atoms with Gasteiger partial charge in [-0.2, -0.15) is 0 Å². The first-order valence-electron chi connectivity index (χ1n) is 11.0. The van der Waals surface area contributed by atoms with E-state index in [1.807, 2.05) is 35.9 Å². The lowest BCUT2D eigenvalue weighted by Crippen LogP contribution is -2.29. The van der Waals surface area contributed by atoms with Crippen LogP contribution in [0.25, 0.3) is 0 Å². The third-order valence-electron chi connectivity index (χ3n) is 6.08. The standard InChI is InChI=1S/C24H28N6O3/c1-16(10-22-28-26-15-29(22)2)18-4-3-5-20(11-18)27-23(32)21-12-19(6-8-25-21)24(33)30-9-7-17(13-30)14-31/h3-6,8,11-12,15-17,31H,7,9-10,13-14H2,1-2H3,(H,27,32). The summed E-state index contributed by atoms with van der Waals surface area (Å²) in [6.07, 6.45) is 4.67. The topological polar surface area (TPSA) is 113 Å². The Morgan fingerprint density at radius 2 is 2.12 bits per heavy atom. The maximum atomic E-state index is 12.8. The summed E-state index contributed by atoms with van der Waals surface area (Å²) in [6, 6.07) is 10.8. The van der Waals surface area contributed by atoms with Crippen LogP contribution in [0.2, 0.25) is 0 Å². The van der Waals surface area contributed by atoms with E-state index in [1.54, 1.807) is 17.3 Å². The van der Waals surface area contributed by atoms with Crippen molar-refractivity contribution in [3.8, 4) is 0 Å². The van der Waals surface area contributed by atoms with Crippen molar-refractivity contribution >= 4 is 17.5 Å². The fraction of sp³-hybridized carbons (Fsp3) is 0.375. The van der Waals surface area contributed by atoms with E-state index in [4.69, 9.17) is 0 Å². The van der Waals surface area contributed by atoms with Crippen LogP contribution >= 0.6 is 0 Å². The molecule has 1 saturated heterocycles. The molecule has 0 saturated carbocycles. The van der Waals surface area contributed by atoms with Gasteiger partial charge in [-0.15, -0.1) is 10.2 Å². The van der Waals surface area contributed by atoms with Crippen molar-refractivity contribution < 1.29 is 14.7 Å². The van der Waals surface area contributed by atoms with E-state index in [1.165, 1.54) is 12.3 Å². The molecule has 2 amide bonds. The van der Waals surface area contributed by atoms with Crippen LogP contribution in [0.3, 0.4) is 0 Å². The Hall–Kier alpha value is -3.59. The van der Waals surface area contributed by atoms with E-state index in [0.29, 0.717) is 24.3 Å². The normalized spacial score (nSPS) is 16.6. The van der Waals surface area contributed by atoms with Crippen molar-refractivity contribution in [1.29, 1.82) is 0 Å². The first-order chi connectivity index (χ1) is 15.9. The van der Waals surface area contributed by atoms with Crippen LogP contribution < -0.4 is 5.32 Å². The van der Waals surface area contributed by atoms with E-state index in [9.17, 15) is 14.7 Å². The molecule has 0 spiro atoms. The van der Waals surface area contributed by atoms with Gasteiger partial charge in [0.1, 0.15) is 17.8 Å². The van der Waals surface area contributed by atoms with Gasteiger partial charge in [0.15, 0.2) is 0 Å². The number of aromatic nitrogens is 4. The summed E-state index contributed by atoms with van der Waals surface area (Å²) < 4.78 is 1.90. The van der Waals surface area contributed by atoms with Gasteiger partial charge in [-0.05, 0) is 42.2 Å². The van der Waals surface area contributed by atoms with Gasteiger partial charge in [0.2, 0.25) is 0 Å². The monoisotopic (exact) mass is 448 g/mol. The van der Waals surface area contributed by atoms with Gasteiger partial charge >= 0.3 is 0 Å². The number of nitrogens with one attached hydrogen (secondary N) is 1. The Morgan fingerprint density at radius 3 is 2.85 bits per heavy atom. The number of aryl methyl sites for hydroxylation is 1. The number of rotatable bonds is 7. The summed E-state index contributed by atoms with van der Waals surface area (Å²) in [5.74, 6) is 0.666. The lowest BCUT2D eigenvalue weighted by Gasteiger charge is -2.16. The molecular formula is C24H28N6O3. The zero-order valence-corrected chi connectivity index (χ0v) is 18.8. The largest absolute Gasteiger partial charge is 0.396 e. The highest BCUT2D eigenvalue weighted by molar-refractivity contribution is 6.04. The number of carbonyl (C=O) groups excluding carboxylic acids is 2. The molecule has 4 rings (SSSR count). The molecule has 2 N–H and O–H groups in total. The predicted molar refractivity (Wildman–Crippen MR) is 123 cm³/mol. The summed E-state index contributed by atoms with van der Waals surface area (Å²) in [6.45, 7) is 3.31. The lowest BCUT2D eigenvalue weighted by molar-refractivity contribution is 0.0781. The number of aliphatic hydroxyl groups is 1. The molecule has 0 radical (unpaired) electrons. The number of amides is 2. The van der Waals surface area contributed by atoms with E-state index >= 15 is 0 Å². The molecule has 0 bridgehead atoms. The molecule has 1 fully saturated rings. The maximum absolute atomic E-state index is 12.8. The molecule has 2 aromatic heterocycles. The van der Waals surface area contributed by atoms with Crippen molar-refractivity contribution in [3.05, 3.63) is 71.6 Å². The Kier molecular flexibility index (Phi) is 6.79. The molecule has 1 aromatic carbocycles. The summed E-state index contributed by atoms with van der Waals surface area (Å²) in [5.41, 5.74) is 2.32. The minimum atomic E-state index is -0.377. The molecule has 2 atom stereocenters. The second-order valence-corrected chi connectivity index (χ2v) is 8.56. The third-order valence-corrected chi connectivity index (χ3v) is 6.08. The number of benzene rings is 1. The fourth-order valence-electron chi connectivity index (χ4n) is 4.04. The Balaban J connectivity index is 1.43. The predicted octanol–water partition coefficient (Wildman–Crippen LogP) is 2.26. The highest BCUT2D eigenvalue weighted by Crippen LogP contribution is 2.23. The van der Waals surface area contributed by atoms with Crippen molar-refractivity contribution in [2.75, 3.05) is 25.0 Å². The minimum absolute atomic E-state index is 0.0735. The van der Waals surface area contributed by atoms with Crippen LogP contribution in [0, 0.1) is 5.92 Å². The highest BCUT2D eigenvalue weighted by Gasteiger charge is 2.27. The van der Waals surface area contributed by atoms with Crippen LogP contribution in [-0.2, 0) is 13.5 Å². The van der Waals surface area contributed by atoms with Gasteiger partial charge in [0.25, 0.3) is 11.8 Å². The van der Waals surface area contributed by atoms with Crippen molar-refractivity contribution in [2.24, 2.45) is 13.0 Å². The number of likely N-dealkylation sites (tertiary alicyclic amines) is 1. The smallest absolute Gasteiger partial charge is 0.274 e. The van der Waals surface area contributed by atoms with Crippen LogP contribution in [-0.4, -0.2) is 61.3 Å². The first kappa shape index (κ1) is 22.6. The van der Waals surface area contributed by atoms with Gasteiger partial charge in [-0.25, -0.2) is 0 Å². The SMILES string of the molecule is CC(Cc1nncn1C)c1cccc(NC(=O)c2cc(C(=O)N3CCC(CO)C3)ccn2)c1. The minimum Gasteiger partial charge on any atom is -0.396 e. The van der Waals surface area contributed by atoms with Crippen molar-refractivity contribution in [2.45, 2.75) is 25.7 Å². The van der Waals surface area contributed by atoms with Crippen LogP contribution in [0.5, 0.6) is 0 Å². The zero-order valence-electron chi connectivity index (χ0n) is 18.8. The molecule has 3 heterocycles. The number of carbonyl (C=O) groups is 2. The van der Waals surface area contributed by atoms with Crippen molar-refractivity contribution in [1.82, 2.24) is 24.6 Å². The number of aliphatic hydroxyl groups excluding tert-OH is 1. The van der Waals surface area contributed by atoms with Gasteiger partial charge in [-0.1, -0.05) is 19.1 Å². The summed E-state index contributed by atoms with van der Waals surface area (Å²) >= 11 is 0. The number of hydrogen-bond acceptors (Lipinski definition) is 6. The van der Waals surface area contributed by atoms with Crippen LogP contribution in [0.4, 0.5) is 5.69 Å². The molecule has 9 heteroatoms. The highest BCUT2D eigenvalue weighted by atomic mass is 16.3. The summed E-state index contributed by atoms with van der Waals surface area (Å²) in [4.78, 5) is 31.5.